The van der Waals surface area contributed by atoms with Crippen molar-refractivity contribution in [3.63, 3.8) is 0 Å². The van der Waals surface area contributed by atoms with E-state index in [4.69, 9.17) is 4.74 Å². The summed E-state index contributed by atoms with van der Waals surface area (Å²) >= 11 is 0. The van der Waals surface area contributed by atoms with Crippen LogP contribution in [0.1, 0.15) is 51.4 Å². The maximum atomic E-state index is 5.59. The number of rotatable bonds is 6. The first-order valence-corrected chi connectivity index (χ1v) is 7.13. The number of hydrogen-bond acceptors (Lipinski definition) is 2. The molecule has 2 aliphatic carbocycles. The lowest BCUT2D eigenvalue weighted by Crippen LogP contribution is -2.32. The van der Waals surface area contributed by atoms with Crippen molar-refractivity contribution in [2.45, 2.75) is 57.5 Å². The van der Waals surface area contributed by atoms with Crippen LogP contribution in [0.15, 0.2) is 0 Å². The predicted molar refractivity (Wildman–Crippen MR) is 67.6 cm³/mol. The summed E-state index contributed by atoms with van der Waals surface area (Å²) in [7, 11) is 1.88. The van der Waals surface area contributed by atoms with Crippen molar-refractivity contribution < 1.29 is 4.74 Å². The van der Waals surface area contributed by atoms with Crippen LogP contribution >= 0.6 is 0 Å². The van der Waals surface area contributed by atoms with E-state index in [1.807, 2.05) is 7.11 Å². The molecule has 2 saturated carbocycles. The molecule has 1 N–H and O–H groups in total. The van der Waals surface area contributed by atoms with Crippen molar-refractivity contribution in [1.82, 2.24) is 5.32 Å². The molecule has 2 atom stereocenters. The zero-order valence-electron chi connectivity index (χ0n) is 10.7. The highest BCUT2D eigenvalue weighted by Crippen LogP contribution is 2.29. The zero-order valence-corrected chi connectivity index (χ0v) is 10.7. The topological polar surface area (TPSA) is 21.3 Å². The molecule has 2 fully saturated rings. The first-order chi connectivity index (χ1) is 7.90. The highest BCUT2D eigenvalue weighted by atomic mass is 16.5. The third-order valence-electron chi connectivity index (χ3n) is 4.49. The van der Waals surface area contributed by atoms with E-state index in [0.717, 1.165) is 11.8 Å². The number of methoxy groups -OCH3 is 1. The molecule has 0 saturated heterocycles. The van der Waals surface area contributed by atoms with Crippen LogP contribution in [0.2, 0.25) is 0 Å². The molecular weight excluding hydrogens is 198 g/mol. The monoisotopic (exact) mass is 225 g/mol. The van der Waals surface area contributed by atoms with Gasteiger partial charge < -0.3 is 10.1 Å². The lowest BCUT2D eigenvalue weighted by molar-refractivity contribution is 0.0204. The Balaban J connectivity index is 1.56. The number of hydrogen-bond donors (Lipinski definition) is 1. The highest BCUT2D eigenvalue weighted by molar-refractivity contribution is 4.77. The summed E-state index contributed by atoms with van der Waals surface area (Å²) in [5.74, 6) is 1.80. The van der Waals surface area contributed by atoms with E-state index in [1.54, 1.807) is 0 Å². The van der Waals surface area contributed by atoms with Gasteiger partial charge in [0.25, 0.3) is 0 Å². The highest BCUT2D eigenvalue weighted by Gasteiger charge is 2.24. The van der Waals surface area contributed by atoms with Crippen molar-refractivity contribution >= 4 is 0 Å². The van der Waals surface area contributed by atoms with Gasteiger partial charge in [-0.05, 0) is 57.0 Å². The second-order valence-corrected chi connectivity index (χ2v) is 5.61. The summed E-state index contributed by atoms with van der Waals surface area (Å²) in [6.45, 7) is 2.45. The van der Waals surface area contributed by atoms with Gasteiger partial charge in [0.05, 0.1) is 6.10 Å². The van der Waals surface area contributed by atoms with Crippen LogP contribution in [0.4, 0.5) is 0 Å². The summed E-state index contributed by atoms with van der Waals surface area (Å²) in [6, 6.07) is 0. The van der Waals surface area contributed by atoms with E-state index in [-0.39, 0.29) is 0 Å². The molecule has 16 heavy (non-hydrogen) atoms. The summed E-state index contributed by atoms with van der Waals surface area (Å²) in [5, 5.41) is 3.62. The Morgan fingerprint density at radius 3 is 2.56 bits per heavy atom. The lowest BCUT2D eigenvalue weighted by atomic mass is 9.83. The second kappa shape index (κ2) is 6.61. The summed E-state index contributed by atoms with van der Waals surface area (Å²) in [6.07, 6.45) is 11.7. The fourth-order valence-corrected chi connectivity index (χ4v) is 3.10. The molecule has 2 heteroatoms. The van der Waals surface area contributed by atoms with Crippen LogP contribution in [0, 0.1) is 11.8 Å². The van der Waals surface area contributed by atoms with Gasteiger partial charge in [0.15, 0.2) is 0 Å². The van der Waals surface area contributed by atoms with Gasteiger partial charge in [0.2, 0.25) is 0 Å². The van der Waals surface area contributed by atoms with Gasteiger partial charge in [-0.3, -0.25) is 0 Å². The van der Waals surface area contributed by atoms with Crippen molar-refractivity contribution in [2.24, 2.45) is 11.8 Å². The first-order valence-electron chi connectivity index (χ1n) is 7.13. The van der Waals surface area contributed by atoms with Crippen LogP contribution in [-0.2, 0) is 4.74 Å². The molecule has 0 aromatic carbocycles. The molecule has 0 radical (unpaired) electrons. The second-order valence-electron chi connectivity index (χ2n) is 5.61. The maximum absolute atomic E-state index is 5.59. The molecule has 0 aliphatic heterocycles. The van der Waals surface area contributed by atoms with Crippen LogP contribution in [0.3, 0.4) is 0 Å². The van der Waals surface area contributed by atoms with E-state index in [9.17, 15) is 0 Å². The number of nitrogens with one attached hydrogen (secondary N) is 1. The van der Waals surface area contributed by atoms with Gasteiger partial charge in [0.1, 0.15) is 0 Å². The Kier molecular flexibility index (Phi) is 5.11. The van der Waals surface area contributed by atoms with Gasteiger partial charge in [-0.25, -0.2) is 0 Å². The Bertz CT molecular complexity index is 191. The summed E-state index contributed by atoms with van der Waals surface area (Å²) < 4.78 is 5.59. The molecule has 2 rings (SSSR count). The van der Waals surface area contributed by atoms with E-state index in [2.05, 4.69) is 5.32 Å². The molecular formula is C14H27NO. The Labute approximate surface area is 100 Å². The SMILES string of the molecule is CO[C@@H]1CCCC[C@@H]1CCNCC1CCC1. The molecule has 0 unspecified atom stereocenters. The predicted octanol–water partition coefficient (Wildman–Crippen LogP) is 2.97. The Morgan fingerprint density at radius 1 is 1.06 bits per heavy atom. The average molecular weight is 225 g/mol. The quantitative estimate of drug-likeness (QED) is 0.702. The van der Waals surface area contributed by atoms with Crippen LogP contribution in [0.5, 0.6) is 0 Å². The third kappa shape index (κ3) is 3.46. The molecule has 0 heterocycles. The molecule has 2 nitrogen and oxygen atoms in total. The number of ether oxygens (including phenoxy) is 1. The molecule has 0 bridgehead atoms. The van der Waals surface area contributed by atoms with E-state index in [0.29, 0.717) is 6.10 Å². The summed E-state index contributed by atoms with van der Waals surface area (Å²) in [4.78, 5) is 0. The molecule has 0 spiro atoms. The average Bonchev–Trinajstić information content (AvgIpc) is 2.27. The van der Waals surface area contributed by atoms with Crippen LogP contribution in [-0.4, -0.2) is 26.3 Å². The van der Waals surface area contributed by atoms with Gasteiger partial charge >= 0.3 is 0 Å². The van der Waals surface area contributed by atoms with E-state index >= 15 is 0 Å². The maximum Gasteiger partial charge on any atom is 0.0600 e. The molecule has 0 aromatic rings. The third-order valence-corrected chi connectivity index (χ3v) is 4.49. The van der Waals surface area contributed by atoms with Crippen molar-refractivity contribution in [3.8, 4) is 0 Å². The van der Waals surface area contributed by atoms with Gasteiger partial charge in [-0.15, -0.1) is 0 Å². The molecule has 0 amide bonds. The normalized spacial score (nSPS) is 31.3. The van der Waals surface area contributed by atoms with Gasteiger partial charge in [-0.2, -0.15) is 0 Å². The first kappa shape index (κ1) is 12.4. The molecule has 0 aromatic heterocycles. The molecule has 94 valence electrons. The Morgan fingerprint density at radius 2 is 1.88 bits per heavy atom. The standard InChI is InChI=1S/C14H27NO/c1-16-14-8-3-2-7-13(14)9-10-15-11-12-5-4-6-12/h12-15H,2-11H2,1H3/t13-,14-/m1/s1. The Hall–Kier alpha value is -0.0800. The van der Waals surface area contributed by atoms with Gasteiger partial charge in [-0.1, -0.05) is 19.3 Å². The van der Waals surface area contributed by atoms with Crippen LogP contribution < -0.4 is 5.32 Å². The van der Waals surface area contributed by atoms with Crippen LogP contribution in [0.25, 0.3) is 0 Å². The zero-order chi connectivity index (χ0) is 11.2. The minimum atomic E-state index is 0.541. The lowest BCUT2D eigenvalue weighted by Gasteiger charge is -2.31. The van der Waals surface area contributed by atoms with Crippen molar-refractivity contribution in [3.05, 3.63) is 0 Å². The van der Waals surface area contributed by atoms with Gasteiger partial charge in [0, 0.05) is 7.11 Å². The molecule has 2 aliphatic rings. The minimum Gasteiger partial charge on any atom is -0.381 e. The largest absolute Gasteiger partial charge is 0.381 e. The van der Waals surface area contributed by atoms with Crippen molar-refractivity contribution in [2.75, 3.05) is 20.2 Å². The van der Waals surface area contributed by atoms with Crippen molar-refractivity contribution in [1.29, 1.82) is 0 Å². The van der Waals surface area contributed by atoms with E-state index in [1.165, 1.54) is 64.5 Å². The smallest absolute Gasteiger partial charge is 0.0600 e. The fourth-order valence-electron chi connectivity index (χ4n) is 3.10. The van der Waals surface area contributed by atoms with E-state index < -0.39 is 0 Å². The fraction of sp³-hybridized carbons (Fsp3) is 1.00. The minimum absolute atomic E-state index is 0.541. The summed E-state index contributed by atoms with van der Waals surface area (Å²) in [5.41, 5.74) is 0.